The van der Waals surface area contributed by atoms with Crippen LogP contribution >= 0.6 is 0 Å². The molecule has 0 saturated heterocycles. The standard InChI is InChI=1S/C17H18O/c1-3-6-14(2)18-12-11-15-9-10-16-7-4-5-8-17(16)13-15/h3-10,13H,1,11-12H2,2H3/b14-6-. The van der Waals surface area contributed by atoms with Gasteiger partial charge in [-0.1, -0.05) is 55.1 Å². The van der Waals surface area contributed by atoms with Gasteiger partial charge >= 0.3 is 0 Å². The van der Waals surface area contributed by atoms with E-state index in [1.54, 1.807) is 6.08 Å². The van der Waals surface area contributed by atoms with Crippen molar-refractivity contribution in [3.8, 4) is 0 Å². The summed E-state index contributed by atoms with van der Waals surface area (Å²) in [4.78, 5) is 0. The number of hydrogen-bond acceptors (Lipinski definition) is 1. The molecule has 0 spiro atoms. The second-order valence-corrected chi connectivity index (χ2v) is 4.29. The first-order chi connectivity index (χ1) is 8.79. The van der Waals surface area contributed by atoms with Crippen LogP contribution in [0.5, 0.6) is 0 Å². The molecule has 1 heteroatoms. The smallest absolute Gasteiger partial charge is 0.0928 e. The van der Waals surface area contributed by atoms with Gasteiger partial charge in [-0.05, 0) is 29.3 Å². The lowest BCUT2D eigenvalue weighted by atomic mass is 10.1. The van der Waals surface area contributed by atoms with Crippen LogP contribution in [0.2, 0.25) is 0 Å². The Balaban J connectivity index is 2.00. The lowest BCUT2D eigenvalue weighted by molar-refractivity contribution is 0.218. The molecule has 0 unspecified atom stereocenters. The van der Waals surface area contributed by atoms with Crippen LogP contribution in [-0.4, -0.2) is 6.61 Å². The van der Waals surface area contributed by atoms with Crippen molar-refractivity contribution in [2.24, 2.45) is 0 Å². The third-order valence-corrected chi connectivity index (χ3v) is 2.89. The van der Waals surface area contributed by atoms with E-state index in [1.165, 1.54) is 16.3 Å². The number of hydrogen-bond donors (Lipinski definition) is 0. The average Bonchev–Trinajstić information content (AvgIpc) is 2.39. The van der Waals surface area contributed by atoms with E-state index >= 15 is 0 Å². The van der Waals surface area contributed by atoms with Gasteiger partial charge in [0, 0.05) is 6.42 Å². The highest BCUT2D eigenvalue weighted by molar-refractivity contribution is 5.82. The average molecular weight is 238 g/mol. The van der Waals surface area contributed by atoms with Crippen LogP contribution in [-0.2, 0) is 11.2 Å². The summed E-state index contributed by atoms with van der Waals surface area (Å²) in [5, 5.41) is 2.57. The summed E-state index contributed by atoms with van der Waals surface area (Å²) >= 11 is 0. The summed E-state index contributed by atoms with van der Waals surface area (Å²) in [5.74, 6) is 0.908. The second-order valence-electron chi connectivity index (χ2n) is 4.29. The van der Waals surface area contributed by atoms with Gasteiger partial charge in [-0.3, -0.25) is 0 Å². The van der Waals surface area contributed by atoms with Crippen LogP contribution in [0.1, 0.15) is 12.5 Å². The Hall–Kier alpha value is -2.02. The predicted molar refractivity (Wildman–Crippen MR) is 77.6 cm³/mol. The minimum Gasteiger partial charge on any atom is -0.498 e. The molecule has 0 bridgehead atoms. The normalized spacial score (nSPS) is 11.5. The Bertz CT molecular complexity index is 567. The van der Waals surface area contributed by atoms with Crippen molar-refractivity contribution in [3.05, 3.63) is 72.5 Å². The maximum absolute atomic E-state index is 5.59. The molecule has 1 nitrogen and oxygen atoms in total. The van der Waals surface area contributed by atoms with Crippen molar-refractivity contribution in [3.63, 3.8) is 0 Å². The van der Waals surface area contributed by atoms with Gasteiger partial charge in [0.2, 0.25) is 0 Å². The van der Waals surface area contributed by atoms with E-state index in [1.807, 2.05) is 13.0 Å². The van der Waals surface area contributed by atoms with Gasteiger partial charge in [0.05, 0.1) is 12.4 Å². The molecule has 0 fully saturated rings. The summed E-state index contributed by atoms with van der Waals surface area (Å²) in [7, 11) is 0. The highest BCUT2D eigenvalue weighted by Gasteiger charge is 1.97. The molecular formula is C17H18O. The van der Waals surface area contributed by atoms with E-state index in [9.17, 15) is 0 Å². The van der Waals surface area contributed by atoms with Gasteiger partial charge in [0.1, 0.15) is 0 Å². The summed E-state index contributed by atoms with van der Waals surface area (Å²) in [5.41, 5.74) is 1.31. The fourth-order valence-electron chi connectivity index (χ4n) is 1.94. The van der Waals surface area contributed by atoms with Crippen LogP contribution < -0.4 is 0 Å². The van der Waals surface area contributed by atoms with Crippen molar-refractivity contribution in [2.75, 3.05) is 6.61 Å². The van der Waals surface area contributed by atoms with Gasteiger partial charge in [-0.25, -0.2) is 0 Å². The van der Waals surface area contributed by atoms with Crippen LogP contribution in [0, 0.1) is 0 Å². The van der Waals surface area contributed by atoms with Crippen molar-refractivity contribution >= 4 is 10.8 Å². The van der Waals surface area contributed by atoms with E-state index in [2.05, 4.69) is 49.0 Å². The van der Waals surface area contributed by atoms with Crippen molar-refractivity contribution in [1.82, 2.24) is 0 Å². The zero-order chi connectivity index (χ0) is 12.8. The maximum Gasteiger partial charge on any atom is 0.0928 e. The molecule has 0 saturated carbocycles. The Morgan fingerprint density at radius 3 is 2.72 bits per heavy atom. The van der Waals surface area contributed by atoms with Gasteiger partial charge in [-0.2, -0.15) is 0 Å². The molecule has 0 aliphatic rings. The maximum atomic E-state index is 5.59. The summed E-state index contributed by atoms with van der Waals surface area (Å²) in [6, 6.07) is 15.0. The van der Waals surface area contributed by atoms with Gasteiger partial charge in [-0.15, -0.1) is 0 Å². The molecule has 0 radical (unpaired) electrons. The number of ether oxygens (including phenoxy) is 1. The predicted octanol–water partition coefficient (Wildman–Crippen LogP) is 4.49. The minimum absolute atomic E-state index is 0.703. The SMILES string of the molecule is C=C/C=C(/C)OCCc1ccc2ccccc2c1. The van der Waals surface area contributed by atoms with Crippen LogP contribution in [0.4, 0.5) is 0 Å². The summed E-state index contributed by atoms with van der Waals surface area (Å²) in [6.07, 6.45) is 4.54. The van der Waals surface area contributed by atoms with Gasteiger partial charge < -0.3 is 4.74 Å². The molecule has 0 amide bonds. The van der Waals surface area contributed by atoms with E-state index in [0.717, 1.165) is 12.2 Å². The molecule has 18 heavy (non-hydrogen) atoms. The highest BCUT2D eigenvalue weighted by atomic mass is 16.5. The number of rotatable bonds is 5. The molecule has 0 atom stereocenters. The lowest BCUT2D eigenvalue weighted by Crippen LogP contribution is -1.96. The molecule has 92 valence electrons. The molecular weight excluding hydrogens is 220 g/mol. The molecule has 0 aliphatic heterocycles. The minimum atomic E-state index is 0.703. The Morgan fingerprint density at radius 2 is 1.94 bits per heavy atom. The Kier molecular flexibility index (Phi) is 4.19. The molecule has 2 rings (SSSR count). The molecule has 2 aromatic carbocycles. The Labute approximate surface area is 108 Å². The zero-order valence-corrected chi connectivity index (χ0v) is 10.7. The third kappa shape index (κ3) is 3.24. The van der Waals surface area contributed by atoms with Crippen molar-refractivity contribution in [1.29, 1.82) is 0 Å². The van der Waals surface area contributed by atoms with E-state index in [-0.39, 0.29) is 0 Å². The second kappa shape index (κ2) is 6.06. The first kappa shape index (κ1) is 12.4. The first-order valence-electron chi connectivity index (χ1n) is 6.19. The van der Waals surface area contributed by atoms with Crippen LogP contribution in [0.3, 0.4) is 0 Å². The largest absolute Gasteiger partial charge is 0.498 e. The van der Waals surface area contributed by atoms with E-state index in [0.29, 0.717) is 6.61 Å². The van der Waals surface area contributed by atoms with Crippen molar-refractivity contribution in [2.45, 2.75) is 13.3 Å². The van der Waals surface area contributed by atoms with Gasteiger partial charge in [0.25, 0.3) is 0 Å². The molecule has 0 aromatic heterocycles. The van der Waals surface area contributed by atoms with Crippen LogP contribution in [0.25, 0.3) is 10.8 Å². The topological polar surface area (TPSA) is 9.23 Å². The Morgan fingerprint density at radius 1 is 1.17 bits per heavy atom. The fraction of sp³-hybridized carbons (Fsp3) is 0.176. The van der Waals surface area contributed by atoms with Crippen molar-refractivity contribution < 1.29 is 4.74 Å². The third-order valence-electron chi connectivity index (χ3n) is 2.89. The summed E-state index contributed by atoms with van der Waals surface area (Å²) < 4.78 is 5.59. The summed E-state index contributed by atoms with van der Waals surface area (Å²) in [6.45, 7) is 6.29. The number of benzene rings is 2. The molecule has 2 aromatic rings. The monoisotopic (exact) mass is 238 g/mol. The van der Waals surface area contributed by atoms with E-state index in [4.69, 9.17) is 4.74 Å². The lowest BCUT2D eigenvalue weighted by Gasteiger charge is -2.07. The molecule has 0 N–H and O–H groups in total. The number of allylic oxidation sites excluding steroid dienone is 3. The number of fused-ring (bicyclic) bond motifs is 1. The quantitative estimate of drug-likeness (QED) is 0.551. The molecule has 0 aliphatic carbocycles. The molecule has 0 heterocycles. The zero-order valence-electron chi connectivity index (χ0n) is 10.7. The first-order valence-corrected chi connectivity index (χ1v) is 6.19. The fourth-order valence-corrected chi connectivity index (χ4v) is 1.94. The van der Waals surface area contributed by atoms with Crippen LogP contribution in [0.15, 0.2) is 67.0 Å². The van der Waals surface area contributed by atoms with Gasteiger partial charge in [0.15, 0.2) is 0 Å². The highest BCUT2D eigenvalue weighted by Crippen LogP contribution is 2.16. The van der Waals surface area contributed by atoms with E-state index < -0.39 is 0 Å².